The van der Waals surface area contributed by atoms with Crippen molar-refractivity contribution in [1.29, 1.82) is 0 Å². The van der Waals surface area contributed by atoms with E-state index in [4.69, 9.17) is 0 Å². The molecule has 0 aromatic heterocycles. The highest BCUT2D eigenvalue weighted by molar-refractivity contribution is 5.67. The van der Waals surface area contributed by atoms with Crippen LogP contribution < -0.4 is 0 Å². The highest BCUT2D eigenvalue weighted by Gasteiger charge is 2.05. The number of hydrogen-bond acceptors (Lipinski definition) is 2. The Hall–Kier alpha value is -3.20. The molecule has 0 aliphatic rings. The molecule has 2 heteroatoms. The molecule has 0 aliphatic heterocycles. The Bertz CT molecular complexity index is 1140. The molecule has 2 nitrogen and oxygen atoms in total. The van der Waals surface area contributed by atoms with Crippen molar-refractivity contribution in [1.82, 2.24) is 9.80 Å². The maximum atomic E-state index is 2.35. The molecule has 0 atom stereocenters. The molecule has 0 unspecified atom stereocenters. The van der Waals surface area contributed by atoms with Crippen molar-refractivity contribution in [3.8, 4) is 22.3 Å². The first-order valence-electron chi connectivity index (χ1n) is 13.5. The topological polar surface area (TPSA) is 6.48 Å². The van der Waals surface area contributed by atoms with Gasteiger partial charge in [0.15, 0.2) is 0 Å². The highest BCUT2D eigenvalue weighted by Crippen LogP contribution is 2.24. The maximum absolute atomic E-state index is 2.35. The predicted molar refractivity (Wildman–Crippen MR) is 164 cm³/mol. The van der Waals surface area contributed by atoms with Crippen molar-refractivity contribution in [2.45, 2.75) is 53.8 Å². The predicted octanol–water partition coefficient (Wildman–Crippen LogP) is 8.94. The van der Waals surface area contributed by atoms with E-state index in [1.165, 1.54) is 38.9 Å². The van der Waals surface area contributed by atoms with Gasteiger partial charge in [-0.15, -0.1) is 0 Å². The largest absolute Gasteiger partial charge is 0.305 e. The van der Waals surface area contributed by atoms with Gasteiger partial charge in [0, 0.05) is 19.1 Å². The minimum atomic E-state index is 0.580. The molecule has 0 spiro atoms. The molecule has 0 N–H and O–H groups in total. The minimum Gasteiger partial charge on any atom is -0.305 e. The molecule has 0 saturated carbocycles. The Morgan fingerprint density at radius 1 is 0.568 bits per heavy atom. The summed E-state index contributed by atoms with van der Waals surface area (Å²) < 4.78 is 0. The van der Waals surface area contributed by atoms with Gasteiger partial charge in [0.05, 0.1) is 0 Å². The first-order chi connectivity index (χ1) is 17.8. The SMILES string of the molecule is CC.CN(C)Cc1ccccc1-c1ccccc1.Cc1ccc(-c2ccc(CN(C)C(C)C)cc2)cc1. The third kappa shape index (κ3) is 9.99. The maximum Gasteiger partial charge on any atom is 0.0233 e. The van der Waals surface area contributed by atoms with Crippen LogP contribution >= 0.6 is 0 Å². The van der Waals surface area contributed by atoms with Crippen molar-refractivity contribution in [2.75, 3.05) is 21.1 Å². The molecular formula is C35H46N2. The zero-order chi connectivity index (χ0) is 27.2. The fraction of sp³-hybridized carbons (Fsp3) is 0.314. The Morgan fingerprint density at radius 3 is 1.62 bits per heavy atom. The van der Waals surface area contributed by atoms with Crippen LogP contribution in [-0.2, 0) is 13.1 Å². The Labute approximate surface area is 226 Å². The van der Waals surface area contributed by atoms with Crippen LogP contribution in [0.5, 0.6) is 0 Å². The first-order valence-corrected chi connectivity index (χ1v) is 13.5. The van der Waals surface area contributed by atoms with Gasteiger partial charge in [-0.05, 0) is 75.3 Å². The van der Waals surface area contributed by atoms with Gasteiger partial charge in [-0.25, -0.2) is 0 Å². The van der Waals surface area contributed by atoms with Gasteiger partial charge in [-0.3, -0.25) is 4.90 Å². The summed E-state index contributed by atoms with van der Waals surface area (Å²) in [6.45, 7) is 12.5. The summed E-state index contributed by atoms with van der Waals surface area (Å²) >= 11 is 0. The second-order valence-electron chi connectivity index (χ2n) is 9.83. The number of aryl methyl sites for hydroxylation is 1. The normalized spacial score (nSPS) is 10.6. The standard InChI is InChI=1S/C18H23N.C15H17N.C2H6/c1-14(2)19(4)13-16-7-11-18(12-8-16)17-9-5-15(3)6-10-17;1-16(2)12-14-10-6-7-11-15(14)13-8-4-3-5-9-13;1-2/h5-12,14H,13H2,1-4H3;3-11H,12H2,1-2H3;1-2H3. The van der Waals surface area contributed by atoms with Gasteiger partial charge in [0.1, 0.15) is 0 Å². The minimum absolute atomic E-state index is 0.580. The molecule has 4 aromatic rings. The van der Waals surface area contributed by atoms with E-state index < -0.39 is 0 Å². The smallest absolute Gasteiger partial charge is 0.0233 e. The van der Waals surface area contributed by atoms with Gasteiger partial charge in [0.2, 0.25) is 0 Å². The van der Waals surface area contributed by atoms with Gasteiger partial charge >= 0.3 is 0 Å². The van der Waals surface area contributed by atoms with Crippen molar-refractivity contribution in [3.63, 3.8) is 0 Å². The van der Waals surface area contributed by atoms with Crippen LogP contribution in [0.2, 0.25) is 0 Å². The lowest BCUT2D eigenvalue weighted by atomic mass is 9.99. The molecule has 0 radical (unpaired) electrons. The molecule has 4 rings (SSSR count). The van der Waals surface area contributed by atoms with E-state index in [1.54, 1.807) is 0 Å². The molecule has 0 heterocycles. The van der Waals surface area contributed by atoms with E-state index in [2.05, 4.69) is 155 Å². The number of benzene rings is 4. The van der Waals surface area contributed by atoms with Crippen LogP contribution in [0, 0.1) is 6.92 Å². The van der Waals surface area contributed by atoms with Gasteiger partial charge in [0.25, 0.3) is 0 Å². The van der Waals surface area contributed by atoms with Crippen molar-refractivity contribution in [2.24, 2.45) is 0 Å². The molecule has 196 valence electrons. The van der Waals surface area contributed by atoms with Gasteiger partial charge in [-0.1, -0.05) is 123 Å². The Kier molecular flexibility index (Phi) is 12.8. The highest BCUT2D eigenvalue weighted by atomic mass is 15.1. The van der Waals surface area contributed by atoms with E-state index in [9.17, 15) is 0 Å². The van der Waals surface area contributed by atoms with Crippen LogP contribution in [-0.4, -0.2) is 37.0 Å². The summed E-state index contributed by atoms with van der Waals surface area (Å²) in [6, 6.07) is 37.3. The molecule has 4 aromatic carbocycles. The number of hydrogen-bond donors (Lipinski definition) is 0. The Balaban J connectivity index is 0.000000247. The van der Waals surface area contributed by atoms with Gasteiger partial charge < -0.3 is 4.90 Å². The van der Waals surface area contributed by atoms with Crippen LogP contribution in [0.25, 0.3) is 22.3 Å². The average molecular weight is 495 g/mol. The summed E-state index contributed by atoms with van der Waals surface area (Å²) in [4.78, 5) is 4.54. The first kappa shape index (κ1) is 30.0. The fourth-order valence-corrected chi connectivity index (χ4v) is 3.92. The van der Waals surface area contributed by atoms with E-state index >= 15 is 0 Å². The number of nitrogens with zero attached hydrogens (tertiary/aromatic N) is 2. The molecular weight excluding hydrogens is 448 g/mol. The van der Waals surface area contributed by atoms with E-state index in [0.717, 1.165) is 13.1 Å². The van der Waals surface area contributed by atoms with Crippen molar-refractivity contribution < 1.29 is 0 Å². The second kappa shape index (κ2) is 15.8. The summed E-state index contributed by atoms with van der Waals surface area (Å²) in [5.74, 6) is 0. The quantitative estimate of drug-likeness (QED) is 0.253. The average Bonchev–Trinajstić information content (AvgIpc) is 2.91. The molecule has 0 bridgehead atoms. The van der Waals surface area contributed by atoms with E-state index in [0.29, 0.717) is 6.04 Å². The summed E-state index contributed by atoms with van der Waals surface area (Å²) in [5, 5.41) is 0. The van der Waals surface area contributed by atoms with Crippen LogP contribution in [0.15, 0.2) is 103 Å². The lowest BCUT2D eigenvalue weighted by molar-refractivity contribution is 0.266. The molecule has 0 amide bonds. The lowest BCUT2D eigenvalue weighted by Crippen LogP contribution is -2.25. The van der Waals surface area contributed by atoms with Gasteiger partial charge in [-0.2, -0.15) is 0 Å². The summed E-state index contributed by atoms with van der Waals surface area (Å²) in [5.41, 5.74) is 9.24. The number of rotatable bonds is 7. The second-order valence-corrected chi connectivity index (χ2v) is 9.83. The lowest BCUT2D eigenvalue weighted by Gasteiger charge is -2.21. The molecule has 0 aliphatic carbocycles. The van der Waals surface area contributed by atoms with Crippen molar-refractivity contribution in [3.05, 3.63) is 120 Å². The molecule has 0 saturated heterocycles. The summed E-state index contributed by atoms with van der Waals surface area (Å²) in [7, 11) is 6.36. The van der Waals surface area contributed by atoms with Crippen molar-refractivity contribution >= 4 is 0 Å². The van der Waals surface area contributed by atoms with E-state index in [1.807, 2.05) is 13.8 Å². The molecule has 0 fully saturated rings. The van der Waals surface area contributed by atoms with E-state index in [-0.39, 0.29) is 0 Å². The fourth-order valence-electron chi connectivity index (χ4n) is 3.92. The molecule has 37 heavy (non-hydrogen) atoms. The van der Waals surface area contributed by atoms with Crippen LogP contribution in [0.1, 0.15) is 44.4 Å². The van der Waals surface area contributed by atoms with Crippen LogP contribution in [0.3, 0.4) is 0 Å². The monoisotopic (exact) mass is 494 g/mol. The third-order valence-electron chi connectivity index (χ3n) is 6.24. The zero-order valence-electron chi connectivity index (χ0n) is 24.2. The zero-order valence-corrected chi connectivity index (χ0v) is 24.2. The third-order valence-corrected chi connectivity index (χ3v) is 6.24. The Morgan fingerprint density at radius 2 is 1.08 bits per heavy atom. The summed E-state index contributed by atoms with van der Waals surface area (Å²) in [6.07, 6.45) is 0. The van der Waals surface area contributed by atoms with Crippen LogP contribution in [0.4, 0.5) is 0 Å².